The molecule has 0 aromatic carbocycles. The lowest BCUT2D eigenvalue weighted by atomic mass is 10.1. The minimum atomic E-state index is 0.177. The molecule has 0 radical (unpaired) electrons. The summed E-state index contributed by atoms with van der Waals surface area (Å²) in [4.78, 5) is 4.09. The molecule has 13 heavy (non-hydrogen) atoms. The highest BCUT2D eigenvalue weighted by atomic mass is 16.5. The highest BCUT2D eigenvalue weighted by Gasteiger charge is 2.05. The zero-order valence-corrected chi connectivity index (χ0v) is 7.95. The highest BCUT2D eigenvalue weighted by molar-refractivity contribution is 5.33. The molecule has 0 aliphatic heterocycles. The Bertz CT molecular complexity index is 314. The van der Waals surface area contributed by atoms with E-state index < -0.39 is 0 Å². The first-order valence-electron chi connectivity index (χ1n) is 4.21. The van der Waals surface area contributed by atoms with Crippen LogP contribution in [0.25, 0.3) is 0 Å². The van der Waals surface area contributed by atoms with E-state index in [1.807, 2.05) is 19.1 Å². The average molecular weight is 175 g/mol. The molecule has 0 bridgehead atoms. The summed E-state index contributed by atoms with van der Waals surface area (Å²) in [6.07, 6.45) is 8.01. The monoisotopic (exact) mass is 175 g/mol. The molecule has 2 nitrogen and oxygen atoms in total. The molecule has 1 heterocycles. The van der Waals surface area contributed by atoms with Crippen molar-refractivity contribution >= 4 is 0 Å². The number of nitrogens with zero attached hydrogens (tertiary/aromatic N) is 1. The normalized spacial score (nSPS) is 12.1. The Morgan fingerprint density at radius 2 is 2.46 bits per heavy atom. The largest absolute Gasteiger partial charge is 0.381 e. The quantitative estimate of drug-likeness (QED) is 0.651. The molecular formula is C11H13NO. The number of ether oxygens (including phenoxy) is 1. The van der Waals surface area contributed by atoms with Gasteiger partial charge in [-0.15, -0.1) is 6.42 Å². The van der Waals surface area contributed by atoms with E-state index in [2.05, 4.69) is 10.9 Å². The number of rotatable bonds is 3. The van der Waals surface area contributed by atoms with Crippen molar-refractivity contribution < 1.29 is 4.74 Å². The summed E-state index contributed by atoms with van der Waals surface area (Å²) < 4.78 is 5.16. The second-order valence-corrected chi connectivity index (χ2v) is 2.91. The molecule has 0 saturated carbocycles. The van der Waals surface area contributed by atoms with Crippen molar-refractivity contribution in [1.82, 2.24) is 4.98 Å². The molecule has 1 aromatic rings. The third-order valence-corrected chi connectivity index (χ3v) is 1.94. The molecule has 1 aromatic heterocycles. The van der Waals surface area contributed by atoms with Gasteiger partial charge in [0.1, 0.15) is 5.69 Å². The van der Waals surface area contributed by atoms with Crippen molar-refractivity contribution in [3.05, 3.63) is 29.6 Å². The maximum Gasteiger partial charge on any atom is 0.116 e. The Labute approximate surface area is 79.0 Å². The van der Waals surface area contributed by atoms with Crippen LogP contribution in [0.5, 0.6) is 0 Å². The Kier molecular flexibility index (Phi) is 3.48. The number of hydrogen-bond donors (Lipinski definition) is 0. The van der Waals surface area contributed by atoms with Gasteiger partial charge in [-0.3, -0.25) is 0 Å². The Hall–Kier alpha value is -1.33. The van der Waals surface area contributed by atoms with E-state index >= 15 is 0 Å². The number of hydrogen-bond acceptors (Lipinski definition) is 2. The van der Waals surface area contributed by atoms with E-state index in [-0.39, 0.29) is 6.10 Å². The third kappa shape index (κ3) is 2.57. The van der Waals surface area contributed by atoms with Crippen molar-refractivity contribution in [2.45, 2.75) is 19.4 Å². The zero-order valence-electron chi connectivity index (χ0n) is 7.95. The smallest absolute Gasteiger partial charge is 0.116 e. The first-order chi connectivity index (χ1) is 6.27. The van der Waals surface area contributed by atoms with Crippen LogP contribution in [0.2, 0.25) is 0 Å². The lowest BCUT2D eigenvalue weighted by Gasteiger charge is -2.09. The Morgan fingerprint density at radius 1 is 1.69 bits per heavy atom. The lowest BCUT2D eigenvalue weighted by Crippen LogP contribution is -2.10. The van der Waals surface area contributed by atoms with E-state index in [1.165, 1.54) is 0 Å². The first kappa shape index (κ1) is 9.76. The summed E-state index contributed by atoms with van der Waals surface area (Å²) in [7, 11) is 1.69. The maximum atomic E-state index is 5.31. The van der Waals surface area contributed by atoms with Crippen molar-refractivity contribution in [2.24, 2.45) is 0 Å². The molecule has 0 saturated heterocycles. The van der Waals surface area contributed by atoms with E-state index in [9.17, 15) is 0 Å². The van der Waals surface area contributed by atoms with Crippen LogP contribution >= 0.6 is 0 Å². The molecule has 2 heteroatoms. The van der Waals surface area contributed by atoms with Gasteiger partial charge in [0.25, 0.3) is 0 Å². The van der Waals surface area contributed by atoms with Gasteiger partial charge < -0.3 is 4.74 Å². The molecule has 0 aliphatic carbocycles. The molecule has 1 atom stereocenters. The molecule has 0 amide bonds. The van der Waals surface area contributed by atoms with Crippen molar-refractivity contribution in [3.63, 3.8) is 0 Å². The number of aromatic nitrogens is 1. The van der Waals surface area contributed by atoms with Crippen LogP contribution in [0.3, 0.4) is 0 Å². The van der Waals surface area contributed by atoms with Gasteiger partial charge in [0.2, 0.25) is 0 Å². The standard InChI is InChI=1S/C11H13NO/c1-4-11-10(6-5-7-12-11)8-9(2)13-3/h1,5-7,9H,8H2,2-3H3. The Balaban J connectivity index is 2.82. The van der Waals surface area contributed by atoms with Crippen LogP contribution in [0.15, 0.2) is 18.3 Å². The number of terminal acetylenes is 1. The van der Waals surface area contributed by atoms with Crippen LogP contribution in [0.4, 0.5) is 0 Å². The second kappa shape index (κ2) is 4.64. The van der Waals surface area contributed by atoms with Gasteiger partial charge >= 0.3 is 0 Å². The van der Waals surface area contributed by atoms with Crippen LogP contribution in [0.1, 0.15) is 18.2 Å². The summed E-state index contributed by atoms with van der Waals surface area (Å²) in [5.41, 5.74) is 1.78. The van der Waals surface area contributed by atoms with Gasteiger partial charge in [0, 0.05) is 19.7 Å². The molecule has 1 unspecified atom stereocenters. The topological polar surface area (TPSA) is 22.1 Å². The Morgan fingerprint density at radius 3 is 3.08 bits per heavy atom. The van der Waals surface area contributed by atoms with Crippen molar-refractivity contribution in [3.8, 4) is 12.3 Å². The van der Waals surface area contributed by atoms with Crippen LogP contribution in [-0.2, 0) is 11.2 Å². The molecule has 0 fully saturated rings. The summed E-state index contributed by atoms with van der Waals surface area (Å²) in [5.74, 6) is 2.56. The van der Waals surface area contributed by atoms with Gasteiger partial charge in [0.15, 0.2) is 0 Å². The lowest BCUT2D eigenvalue weighted by molar-refractivity contribution is 0.118. The molecular weight excluding hydrogens is 162 g/mol. The molecule has 0 aliphatic rings. The van der Waals surface area contributed by atoms with Crippen molar-refractivity contribution in [1.29, 1.82) is 0 Å². The summed E-state index contributed by atoms with van der Waals surface area (Å²) in [6, 6.07) is 3.87. The van der Waals surface area contributed by atoms with E-state index in [0.29, 0.717) is 5.69 Å². The van der Waals surface area contributed by atoms with Gasteiger partial charge in [-0.25, -0.2) is 4.98 Å². The number of pyridine rings is 1. The van der Waals surface area contributed by atoms with Crippen LogP contribution in [0, 0.1) is 12.3 Å². The van der Waals surface area contributed by atoms with Gasteiger partial charge in [-0.2, -0.15) is 0 Å². The van der Waals surface area contributed by atoms with Crippen molar-refractivity contribution in [2.75, 3.05) is 7.11 Å². The molecule has 1 rings (SSSR count). The summed E-state index contributed by atoms with van der Waals surface area (Å²) in [6.45, 7) is 2.01. The summed E-state index contributed by atoms with van der Waals surface area (Å²) >= 11 is 0. The van der Waals surface area contributed by atoms with Gasteiger partial charge in [-0.05, 0) is 24.5 Å². The highest BCUT2D eigenvalue weighted by Crippen LogP contribution is 2.08. The molecule has 0 spiro atoms. The number of methoxy groups -OCH3 is 1. The third-order valence-electron chi connectivity index (χ3n) is 1.94. The average Bonchev–Trinajstić information content (AvgIpc) is 2.18. The minimum absolute atomic E-state index is 0.177. The second-order valence-electron chi connectivity index (χ2n) is 2.91. The molecule has 0 N–H and O–H groups in total. The van der Waals surface area contributed by atoms with Crippen LogP contribution < -0.4 is 0 Å². The SMILES string of the molecule is C#Cc1ncccc1CC(C)OC. The fourth-order valence-electron chi connectivity index (χ4n) is 1.13. The van der Waals surface area contributed by atoms with E-state index in [4.69, 9.17) is 11.2 Å². The summed E-state index contributed by atoms with van der Waals surface area (Å²) in [5, 5.41) is 0. The molecule has 68 valence electrons. The predicted octanol–water partition coefficient (Wildman–Crippen LogP) is 1.64. The van der Waals surface area contributed by atoms with Gasteiger partial charge in [-0.1, -0.05) is 6.07 Å². The predicted molar refractivity (Wildman–Crippen MR) is 52.3 cm³/mol. The van der Waals surface area contributed by atoms with E-state index in [1.54, 1.807) is 13.3 Å². The maximum absolute atomic E-state index is 5.31. The van der Waals surface area contributed by atoms with Crippen LogP contribution in [-0.4, -0.2) is 18.2 Å². The minimum Gasteiger partial charge on any atom is -0.381 e. The first-order valence-corrected chi connectivity index (χ1v) is 4.21. The fraction of sp³-hybridized carbons (Fsp3) is 0.364. The fourth-order valence-corrected chi connectivity index (χ4v) is 1.13. The van der Waals surface area contributed by atoms with E-state index in [0.717, 1.165) is 12.0 Å². The zero-order chi connectivity index (χ0) is 9.68. The van der Waals surface area contributed by atoms with Gasteiger partial charge in [0.05, 0.1) is 6.10 Å².